The van der Waals surface area contributed by atoms with Crippen LogP contribution >= 0.6 is 22.6 Å². The molecule has 1 N–H and O–H groups in total. The van der Waals surface area contributed by atoms with Gasteiger partial charge < -0.3 is 5.32 Å². The molecule has 0 spiro atoms. The minimum atomic E-state index is 0.867. The van der Waals surface area contributed by atoms with Gasteiger partial charge in [-0.05, 0) is 45.9 Å². The Morgan fingerprint density at radius 2 is 1.81 bits per heavy atom. The first-order valence-corrected chi connectivity index (χ1v) is 6.28. The lowest BCUT2D eigenvalue weighted by molar-refractivity contribution is 0.819. The molecule has 0 fully saturated rings. The highest BCUT2D eigenvalue weighted by atomic mass is 127. The Morgan fingerprint density at radius 1 is 1.00 bits per heavy atom. The lowest BCUT2D eigenvalue weighted by Crippen LogP contribution is -2.10. The van der Waals surface area contributed by atoms with E-state index in [2.05, 4.69) is 64.3 Å². The molecular weight excluding hydrogens is 309 g/mol. The Hall–Kier alpha value is -0.870. The normalized spacial score (nSPS) is 10.3. The molecule has 2 rings (SSSR count). The smallest absolute Gasteiger partial charge is 0.0521 e. The van der Waals surface area contributed by atoms with Crippen molar-refractivity contribution in [3.63, 3.8) is 0 Å². The maximum absolute atomic E-state index is 3.32. The fourth-order valence-electron chi connectivity index (χ4n) is 1.48. The van der Waals surface area contributed by atoms with Gasteiger partial charge in [-0.25, -0.2) is 0 Å². The first-order chi connectivity index (χ1) is 7.84. The van der Waals surface area contributed by atoms with Crippen molar-refractivity contribution in [2.75, 3.05) is 0 Å². The van der Waals surface area contributed by atoms with Gasteiger partial charge in [0.1, 0.15) is 0 Å². The van der Waals surface area contributed by atoms with Crippen molar-refractivity contribution < 1.29 is 0 Å². The molecule has 0 saturated heterocycles. The summed E-state index contributed by atoms with van der Waals surface area (Å²) in [4.78, 5) is 0. The van der Waals surface area contributed by atoms with Crippen molar-refractivity contribution in [2.45, 2.75) is 6.54 Å². The van der Waals surface area contributed by atoms with Crippen LogP contribution in [0.2, 0.25) is 0 Å². The van der Waals surface area contributed by atoms with Gasteiger partial charge in [0.25, 0.3) is 0 Å². The summed E-state index contributed by atoms with van der Waals surface area (Å²) in [7, 11) is 0. The third-order valence-electron chi connectivity index (χ3n) is 2.26. The van der Waals surface area contributed by atoms with E-state index in [0.717, 1.165) is 6.54 Å². The lowest BCUT2D eigenvalue weighted by Gasteiger charge is -2.04. The highest BCUT2D eigenvalue weighted by Crippen LogP contribution is 2.08. The maximum Gasteiger partial charge on any atom is 0.0521 e. The summed E-state index contributed by atoms with van der Waals surface area (Å²) in [5.74, 6) is 0. The van der Waals surface area contributed by atoms with Crippen LogP contribution in [0.1, 0.15) is 11.1 Å². The minimum absolute atomic E-state index is 0.867. The van der Waals surface area contributed by atoms with Gasteiger partial charge in [0, 0.05) is 10.1 Å². The average molecular weight is 322 g/mol. The Bertz CT molecular complexity index is 439. The van der Waals surface area contributed by atoms with Crippen molar-refractivity contribution in [3.05, 3.63) is 75.8 Å². The van der Waals surface area contributed by atoms with Crippen LogP contribution in [0, 0.1) is 10.1 Å². The third-order valence-corrected chi connectivity index (χ3v) is 2.93. The summed E-state index contributed by atoms with van der Waals surface area (Å²) in [6.07, 6.45) is 0. The first kappa shape index (κ1) is 11.6. The van der Waals surface area contributed by atoms with E-state index in [1.54, 1.807) is 0 Å². The summed E-state index contributed by atoms with van der Waals surface area (Å²) >= 11 is 2.33. The SMILES string of the molecule is Ic1cccc(CN[CH]c2ccccc2)c1. The van der Waals surface area contributed by atoms with E-state index in [1.165, 1.54) is 14.7 Å². The maximum atomic E-state index is 3.32. The van der Waals surface area contributed by atoms with E-state index in [-0.39, 0.29) is 0 Å². The second-order valence-electron chi connectivity index (χ2n) is 3.57. The van der Waals surface area contributed by atoms with Crippen molar-refractivity contribution in [3.8, 4) is 0 Å². The molecule has 16 heavy (non-hydrogen) atoms. The van der Waals surface area contributed by atoms with E-state index in [0.29, 0.717) is 0 Å². The fraction of sp³-hybridized carbons (Fsp3) is 0.0714. The molecule has 0 atom stereocenters. The van der Waals surface area contributed by atoms with Crippen molar-refractivity contribution in [1.82, 2.24) is 5.32 Å². The van der Waals surface area contributed by atoms with Crippen LogP contribution in [0.15, 0.2) is 54.6 Å². The van der Waals surface area contributed by atoms with Crippen LogP contribution in [0.4, 0.5) is 0 Å². The number of nitrogens with one attached hydrogen (secondary N) is 1. The Balaban J connectivity index is 1.85. The highest BCUT2D eigenvalue weighted by Gasteiger charge is 1.94. The van der Waals surface area contributed by atoms with Gasteiger partial charge in [0.15, 0.2) is 0 Å². The minimum Gasteiger partial charge on any atom is -0.304 e. The first-order valence-electron chi connectivity index (χ1n) is 5.21. The van der Waals surface area contributed by atoms with E-state index < -0.39 is 0 Å². The molecule has 81 valence electrons. The Kier molecular flexibility index (Phi) is 4.36. The van der Waals surface area contributed by atoms with Gasteiger partial charge >= 0.3 is 0 Å². The molecule has 0 amide bonds. The molecule has 0 aromatic heterocycles. The molecule has 0 heterocycles. The second-order valence-corrected chi connectivity index (χ2v) is 4.81. The van der Waals surface area contributed by atoms with E-state index in [9.17, 15) is 0 Å². The zero-order valence-electron chi connectivity index (χ0n) is 8.86. The van der Waals surface area contributed by atoms with Crippen LogP contribution in [0.25, 0.3) is 0 Å². The lowest BCUT2D eigenvalue weighted by atomic mass is 10.2. The van der Waals surface area contributed by atoms with E-state index in [1.807, 2.05) is 24.7 Å². The zero-order chi connectivity index (χ0) is 11.2. The standard InChI is InChI=1S/C14H13IN/c15-14-8-4-7-13(9-14)11-16-10-12-5-2-1-3-6-12/h1-10,16H,11H2. The van der Waals surface area contributed by atoms with Gasteiger partial charge in [-0.2, -0.15) is 0 Å². The Morgan fingerprint density at radius 3 is 2.56 bits per heavy atom. The summed E-state index contributed by atoms with van der Waals surface area (Å²) in [6, 6.07) is 18.8. The average Bonchev–Trinajstić information content (AvgIpc) is 2.30. The van der Waals surface area contributed by atoms with Crippen molar-refractivity contribution in [2.24, 2.45) is 0 Å². The molecule has 0 bridgehead atoms. The molecular formula is C14H13IN. The van der Waals surface area contributed by atoms with Gasteiger partial charge in [-0.15, -0.1) is 0 Å². The van der Waals surface area contributed by atoms with Crippen LogP contribution in [0.5, 0.6) is 0 Å². The monoisotopic (exact) mass is 322 g/mol. The molecule has 2 aromatic carbocycles. The molecule has 2 heteroatoms. The van der Waals surface area contributed by atoms with Gasteiger partial charge in [0.2, 0.25) is 0 Å². The highest BCUT2D eigenvalue weighted by molar-refractivity contribution is 14.1. The zero-order valence-corrected chi connectivity index (χ0v) is 11.0. The molecule has 2 aromatic rings. The van der Waals surface area contributed by atoms with E-state index >= 15 is 0 Å². The fourth-order valence-corrected chi connectivity index (χ4v) is 2.09. The topological polar surface area (TPSA) is 12.0 Å². The largest absolute Gasteiger partial charge is 0.304 e. The predicted octanol–water partition coefficient (Wildman–Crippen LogP) is 3.59. The van der Waals surface area contributed by atoms with Crippen LogP contribution in [0.3, 0.4) is 0 Å². The predicted molar refractivity (Wildman–Crippen MR) is 75.8 cm³/mol. The molecule has 0 saturated carbocycles. The van der Waals surface area contributed by atoms with Gasteiger partial charge in [-0.1, -0.05) is 42.5 Å². The van der Waals surface area contributed by atoms with Gasteiger partial charge in [0.05, 0.1) is 6.54 Å². The molecule has 1 radical (unpaired) electrons. The number of hydrogen-bond donors (Lipinski definition) is 1. The van der Waals surface area contributed by atoms with Crippen molar-refractivity contribution in [1.29, 1.82) is 0 Å². The number of hydrogen-bond acceptors (Lipinski definition) is 1. The van der Waals surface area contributed by atoms with Crippen molar-refractivity contribution >= 4 is 22.6 Å². The second kappa shape index (κ2) is 6.01. The van der Waals surface area contributed by atoms with Crippen LogP contribution in [-0.4, -0.2) is 0 Å². The van der Waals surface area contributed by atoms with Gasteiger partial charge in [-0.3, -0.25) is 0 Å². The molecule has 0 aliphatic heterocycles. The van der Waals surface area contributed by atoms with Crippen LogP contribution < -0.4 is 5.32 Å². The number of benzene rings is 2. The number of rotatable bonds is 4. The Labute approximate surface area is 110 Å². The molecule has 1 nitrogen and oxygen atoms in total. The summed E-state index contributed by atoms with van der Waals surface area (Å²) in [6.45, 7) is 2.91. The number of halogens is 1. The molecule has 0 unspecified atom stereocenters. The van der Waals surface area contributed by atoms with Crippen LogP contribution in [-0.2, 0) is 6.54 Å². The summed E-state index contributed by atoms with van der Waals surface area (Å²) in [5.41, 5.74) is 2.51. The van der Waals surface area contributed by atoms with E-state index in [4.69, 9.17) is 0 Å². The summed E-state index contributed by atoms with van der Waals surface area (Å²) in [5, 5.41) is 3.32. The third kappa shape index (κ3) is 3.61. The summed E-state index contributed by atoms with van der Waals surface area (Å²) < 4.78 is 1.27. The molecule has 0 aliphatic carbocycles. The molecule has 0 aliphatic rings. The quantitative estimate of drug-likeness (QED) is 0.848.